The Bertz CT molecular complexity index is 959. The minimum Gasteiger partial charge on any atom is -0.345 e. The minimum atomic E-state index is -0.776. The molecule has 1 atom stereocenters. The van der Waals surface area contributed by atoms with E-state index in [2.05, 4.69) is 15.6 Å². The van der Waals surface area contributed by atoms with E-state index in [-0.39, 0.29) is 18.0 Å². The van der Waals surface area contributed by atoms with Gasteiger partial charge in [0.1, 0.15) is 16.9 Å². The Hall–Kier alpha value is -3.06. The second-order valence-corrected chi connectivity index (χ2v) is 7.13. The summed E-state index contributed by atoms with van der Waals surface area (Å²) in [6, 6.07) is 15.0. The van der Waals surface area contributed by atoms with Crippen LogP contribution in [0.25, 0.3) is 10.6 Å². The molecule has 1 heterocycles. The lowest BCUT2D eigenvalue weighted by molar-refractivity contribution is -0.126. The number of aromatic nitrogens is 1. The Morgan fingerprint density at radius 3 is 2.57 bits per heavy atom. The number of benzene rings is 2. The van der Waals surface area contributed by atoms with E-state index >= 15 is 0 Å². The highest BCUT2D eigenvalue weighted by Gasteiger charge is 2.17. The molecule has 0 aliphatic carbocycles. The van der Waals surface area contributed by atoms with Crippen LogP contribution in [0.1, 0.15) is 19.0 Å². The van der Waals surface area contributed by atoms with Crippen molar-refractivity contribution in [1.29, 1.82) is 0 Å². The van der Waals surface area contributed by atoms with Gasteiger partial charge >= 0.3 is 0 Å². The van der Waals surface area contributed by atoms with E-state index in [1.165, 1.54) is 29.5 Å². The SMILES string of the molecule is CC(NC(=O)CCc1csc(-c2ccccc2)n1)C(=O)Nc1ccccc1F. The van der Waals surface area contributed by atoms with Crippen LogP contribution in [-0.2, 0) is 16.0 Å². The Kier molecular flexibility index (Phi) is 6.49. The van der Waals surface area contributed by atoms with Gasteiger partial charge in [0.15, 0.2) is 0 Å². The number of halogens is 1. The summed E-state index contributed by atoms with van der Waals surface area (Å²) in [5, 5.41) is 7.95. The third kappa shape index (κ3) is 5.23. The molecule has 1 aromatic heterocycles. The van der Waals surface area contributed by atoms with E-state index < -0.39 is 17.8 Å². The van der Waals surface area contributed by atoms with E-state index in [4.69, 9.17) is 0 Å². The largest absolute Gasteiger partial charge is 0.345 e. The van der Waals surface area contributed by atoms with Crippen molar-refractivity contribution in [2.24, 2.45) is 0 Å². The van der Waals surface area contributed by atoms with Gasteiger partial charge in [0, 0.05) is 17.4 Å². The van der Waals surface area contributed by atoms with Gasteiger partial charge in [0.2, 0.25) is 11.8 Å². The molecule has 0 aliphatic heterocycles. The summed E-state index contributed by atoms with van der Waals surface area (Å²) in [6.07, 6.45) is 0.700. The quantitative estimate of drug-likeness (QED) is 0.632. The zero-order chi connectivity index (χ0) is 19.9. The summed E-state index contributed by atoms with van der Waals surface area (Å²) >= 11 is 1.53. The number of anilines is 1. The molecule has 0 bridgehead atoms. The third-order valence-electron chi connectivity index (χ3n) is 4.08. The van der Waals surface area contributed by atoms with E-state index in [1.54, 1.807) is 13.0 Å². The molecule has 7 heteroatoms. The molecule has 0 fully saturated rings. The van der Waals surface area contributed by atoms with E-state index in [0.29, 0.717) is 6.42 Å². The highest BCUT2D eigenvalue weighted by molar-refractivity contribution is 7.13. The average Bonchev–Trinajstić information content (AvgIpc) is 3.18. The summed E-state index contributed by atoms with van der Waals surface area (Å²) in [5.41, 5.74) is 1.97. The number of hydrogen-bond acceptors (Lipinski definition) is 4. The summed E-state index contributed by atoms with van der Waals surface area (Å²) < 4.78 is 13.6. The lowest BCUT2D eigenvalue weighted by Crippen LogP contribution is -2.41. The number of nitrogens with zero attached hydrogens (tertiary/aromatic N) is 1. The molecule has 2 aromatic carbocycles. The van der Waals surface area contributed by atoms with Crippen LogP contribution in [0, 0.1) is 5.82 Å². The summed E-state index contributed by atoms with van der Waals surface area (Å²) in [6.45, 7) is 1.56. The molecule has 0 saturated heterocycles. The Balaban J connectivity index is 1.48. The average molecular weight is 397 g/mol. The number of carbonyl (C=O) groups excluding carboxylic acids is 2. The van der Waals surface area contributed by atoms with Gasteiger partial charge in [-0.05, 0) is 25.5 Å². The number of amides is 2. The highest BCUT2D eigenvalue weighted by atomic mass is 32.1. The van der Waals surface area contributed by atoms with Crippen molar-refractivity contribution in [2.75, 3.05) is 5.32 Å². The smallest absolute Gasteiger partial charge is 0.246 e. The number of hydrogen-bond donors (Lipinski definition) is 2. The van der Waals surface area contributed by atoms with Gasteiger partial charge in [0.25, 0.3) is 0 Å². The summed E-state index contributed by atoms with van der Waals surface area (Å²) in [5.74, 6) is -1.25. The lowest BCUT2D eigenvalue weighted by Gasteiger charge is -2.14. The molecule has 144 valence electrons. The maximum atomic E-state index is 13.6. The summed E-state index contributed by atoms with van der Waals surface area (Å²) in [7, 11) is 0. The first-order valence-corrected chi connectivity index (χ1v) is 9.75. The molecular formula is C21H20FN3O2S. The third-order valence-corrected chi connectivity index (χ3v) is 5.02. The lowest BCUT2D eigenvalue weighted by atomic mass is 10.2. The molecule has 1 unspecified atom stereocenters. The first kappa shape index (κ1) is 19.7. The van der Waals surface area contributed by atoms with Gasteiger partial charge in [-0.15, -0.1) is 11.3 Å². The molecule has 28 heavy (non-hydrogen) atoms. The molecule has 0 aliphatic rings. The number of carbonyl (C=O) groups is 2. The Morgan fingerprint density at radius 1 is 1.11 bits per heavy atom. The minimum absolute atomic E-state index is 0.0875. The first-order valence-electron chi connectivity index (χ1n) is 8.87. The second kappa shape index (κ2) is 9.23. The summed E-state index contributed by atoms with van der Waals surface area (Å²) in [4.78, 5) is 28.8. The van der Waals surface area contributed by atoms with Gasteiger partial charge in [0.05, 0.1) is 11.4 Å². The van der Waals surface area contributed by atoms with E-state index in [0.717, 1.165) is 16.3 Å². The fourth-order valence-electron chi connectivity index (χ4n) is 2.56. The van der Waals surface area contributed by atoms with Crippen molar-refractivity contribution in [3.63, 3.8) is 0 Å². The molecule has 2 N–H and O–H groups in total. The predicted molar refractivity (Wildman–Crippen MR) is 109 cm³/mol. The van der Waals surface area contributed by atoms with Crippen molar-refractivity contribution >= 4 is 28.8 Å². The van der Waals surface area contributed by atoms with Gasteiger partial charge in [-0.25, -0.2) is 9.37 Å². The normalized spacial score (nSPS) is 11.6. The number of aryl methyl sites for hydroxylation is 1. The van der Waals surface area contributed by atoms with Gasteiger partial charge in [-0.3, -0.25) is 9.59 Å². The molecule has 5 nitrogen and oxygen atoms in total. The van der Waals surface area contributed by atoms with Crippen LogP contribution in [0.15, 0.2) is 60.0 Å². The number of nitrogens with one attached hydrogen (secondary N) is 2. The van der Waals surface area contributed by atoms with Gasteiger partial charge < -0.3 is 10.6 Å². The van der Waals surface area contributed by atoms with Crippen LogP contribution in [0.2, 0.25) is 0 Å². The Morgan fingerprint density at radius 2 is 1.82 bits per heavy atom. The maximum Gasteiger partial charge on any atom is 0.246 e. The molecule has 3 aromatic rings. The zero-order valence-electron chi connectivity index (χ0n) is 15.3. The molecule has 0 spiro atoms. The van der Waals surface area contributed by atoms with Crippen molar-refractivity contribution < 1.29 is 14.0 Å². The van der Waals surface area contributed by atoms with Crippen molar-refractivity contribution in [3.05, 3.63) is 71.5 Å². The van der Waals surface area contributed by atoms with Crippen LogP contribution in [-0.4, -0.2) is 22.8 Å². The van der Waals surface area contributed by atoms with Crippen LogP contribution < -0.4 is 10.6 Å². The second-order valence-electron chi connectivity index (χ2n) is 6.27. The van der Waals surface area contributed by atoms with Gasteiger partial charge in [-0.1, -0.05) is 42.5 Å². The standard InChI is InChI=1S/C21H20FN3O2S/c1-14(20(27)25-18-10-6-5-9-17(18)22)23-19(26)12-11-16-13-28-21(24-16)15-7-3-2-4-8-15/h2-10,13-14H,11-12H2,1H3,(H,23,26)(H,25,27). The van der Waals surface area contributed by atoms with E-state index in [1.807, 2.05) is 35.7 Å². The molecule has 2 amide bonds. The van der Waals surface area contributed by atoms with Crippen LogP contribution in [0.5, 0.6) is 0 Å². The van der Waals surface area contributed by atoms with Crippen molar-refractivity contribution in [3.8, 4) is 10.6 Å². The Labute approximate surface area is 166 Å². The zero-order valence-corrected chi connectivity index (χ0v) is 16.1. The number of thiazole rings is 1. The van der Waals surface area contributed by atoms with Crippen LogP contribution >= 0.6 is 11.3 Å². The fraction of sp³-hybridized carbons (Fsp3) is 0.190. The number of rotatable bonds is 7. The molecule has 0 saturated carbocycles. The molecule has 0 radical (unpaired) electrons. The van der Waals surface area contributed by atoms with E-state index in [9.17, 15) is 14.0 Å². The van der Waals surface area contributed by atoms with Crippen molar-refractivity contribution in [2.45, 2.75) is 25.8 Å². The molecular weight excluding hydrogens is 377 g/mol. The topological polar surface area (TPSA) is 71.1 Å². The maximum absolute atomic E-state index is 13.6. The predicted octanol–water partition coefficient (Wildman–Crippen LogP) is 4.03. The van der Waals surface area contributed by atoms with Gasteiger partial charge in [-0.2, -0.15) is 0 Å². The highest BCUT2D eigenvalue weighted by Crippen LogP contribution is 2.23. The first-order chi connectivity index (χ1) is 13.5. The van der Waals surface area contributed by atoms with Crippen LogP contribution in [0.4, 0.5) is 10.1 Å². The van der Waals surface area contributed by atoms with Crippen molar-refractivity contribution in [1.82, 2.24) is 10.3 Å². The molecule has 3 rings (SSSR count). The monoisotopic (exact) mass is 397 g/mol. The van der Waals surface area contributed by atoms with Crippen LogP contribution in [0.3, 0.4) is 0 Å². The number of para-hydroxylation sites is 1. The fourth-order valence-corrected chi connectivity index (χ4v) is 3.42.